The van der Waals surface area contributed by atoms with Crippen molar-refractivity contribution in [1.29, 1.82) is 0 Å². The topological polar surface area (TPSA) is 62.3 Å². The molecular weight excluding hydrogens is 377 g/mol. The molecule has 140 valence electrons. The molecule has 0 fully saturated rings. The van der Waals surface area contributed by atoms with Crippen molar-refractivity contribution in [2.24, 2.45) is 0 Å². The van der Waals surface area contributed by atoms with Gasteiger partial charge in [-0.2, -0.15) is 0 Å². The Hall–Kier alpha value is -3.19. The Kier molecular flexibility index (Phi) is 5.08. The number of rotatable bonds is 4. The van der Waals surface area contributed by atoms with Gasteiger partial charge in [0.25, 0.3) is 5.91 Å². The number of aromatic nitrogens is 1. The maximum atomic E-state index is 13.1. The van der Waals surface area contributed by atoms with Crippen LogP contribution in [0.1, 0.15) is 15.9 Å². The molecule has 1 aromatic heterocycles. The summed E-state index contributed by atoms with van der Waals surface area (Å²) >= 11 is 1.41. The van der Waals surface area contributed by atoms with Crippen molar-refractivity contribution >= 4 is 29.3 Å². The van der Waals surface area contributed by atoms with E-state index in [-0.39, 0.29) is 30.7 Å². The number of halogens is 1. The van der Waals surface area contributed by atoms with Gasteiger partial charge in [-0.15, -0.1) is 0 Å². The second-order valence-corrected chi connectivity index (χ2v) is 7.25. The minimum Gasteiger partial charge on any atom is -0.350 e. The van der Waals surface area contributed by atoms with E-state index in [0.29, 0.717) is 16.3 Å². The van der Waals surface area contributed by atoms with Crippen LogP contribution in [-0.4, -0.2) is 23.3 Å². The lowest BCUT2D eigenvalue weighted by Crippen LogP contribution is -2.40. The van der Waals surface area contributed by atoms with Gasteiger partial charge in [-0.05, 0) is 42.0 Å². The number of pyridine rings is 1. The average Bonchev–Trinajstić information content (AvgIpc) is 2.83. The van der Waals surface area contributed by atoms with Gasteiger partial charge in [0.2, 0.25) is 5.91 Å². The predicted octanol–water partition coefficient (Wildman–Crippen LogP) is 3.65. The smallest absolute Gasteiger partial charge is 0.261 e. The van der Waals surface area contributed by atoms with Crippen LogP contribution in [0, 0.1) is 5.82 Å². The minimum absolute atomic E-state index is 0.119. The summed E-state index contributed by atoms with van der Waals surface area (Å²) in [6, 6.07) is 16.8. The quantitative estimate of drug-likeness (QED) is 0.735. The molecule has 0 aliphatic carbocycles. The van der Waals surface area contributed by atoms with Crippen molar-refractivity contribution in [1.82, 2.24) is 10.3 Å². The van der Waals surface area contributed by atoms with Crippen LogP contribution in [0.15, 0.2) is 76.8 Å². The molecule has 0 unspecified atom stereocenters. The molecule has 1 aliphatic rings. The highest BCUT2D eigenvalue weighted by molar-refractivity contribution is 7.99. The van der Waals surface area contributed by atoms with Crippen LogP contribution in [0.5, 0.6) is 0 Å². The molecule has 5 nitrogen and oxygen atoms in total. The lowest BCUT2D eigenvalue weighted by Gasteiger charge is -2.22. The Balaban J connectivity index is 1.56. The molecule has 7 heteroatoms. The number of benzene rings is 2. The van der Waals surface area contributed by atoms with Gasteiger partial charge in [-0.3, -0.25) is 14.5 Å². The van der Waals surface area contributed by atoms with Gasteiger partial charge in [0.15, 0.2) is 0 Å². The van der Waals surface area contributed by atoms with Crippen LogP contribution in [0.2, 0.25) is 0 Å². The number of amides is 2. The molecule has 0 radical (unpaired) electrons. The number of carbonyl (C=O) groups excluding carboxylic acids is 2. The van der Waals surface area contributed by atoms with E-state index in [4.69, 9.17) is 0 Å². The number of fused-ring (bicyclic) bond motifs is 2. The van der Waals surface area contributed by atoms with E-state index in [0.717, 1.165) is 10.5 Å². The summed E-state index contributed by atoms with van der Waals surface area (Å²) in [5, 5.41) is 3.40. The fraction of sp³-hybridized carbons (Fsp3) is 0.0952. The molecule has 4 rings (SSSR count). The zero-order chi connectivity index (χ0) is 19.5. The molecule has 3 aromatic rings. The van der Waals surface area contributed by atoms with Gasteiger partial charge in [0, 0.05) is 17.6 Å². The van der Waals surface area contributed by atoms with E-state index in [9.17, 15) is 14.0 Å². The fourth-order valence-electron chi connectivity index (χ4n) is 2.92. The van der Waals surface area contributed by atoms with E-state index in [1.807, 2.05) is 24.3 Å². The zero-order valence-corrected chi connectivity index (χ0v) is 15.6. The van der Waals surface area contributed by atoms with E-state index < -0.39 is 0 Å². The molecule has 1 aliphatic heterocycles. The summed E-state index contributed by atoms with van der Waals surface area (Å²) in [5.74, 6) is -0.895. The van der Waals surface area contributed by atoms with Gasteiger partial charge < -0.3 is 5.32 Å². The van der Waals surface area contributed by atoms with E-state index in [1.54, 1.807) is 30.5 Å². The van der Waals surface area contributed by atoms with Crippen molar-refractivity contribution < 1.29 is 14.0 Å². The second kappa shape index (κ2) is 7.82. The van der Waals surface area contributed by atoms with Crippen molar-refractivity contribution in [3.8, 4) is 0 Å². The molecule has 0 saturated carbocycles. The Morgan fingerprint density at radius 1 is 1.07 bits per heavy atom. The van der Waals surface area contributed by atoms with Crippen LogP contribution in [-0.2, 0) is 11.3 Å². The SMILES string of the molecule is O=C(CN1C(=O)c2cccnc2Sc2ccccc21)NCc1ccc(F)cc1. The number of para-hydroxylation sites is 1. The van der Waals surface area contributed by atoms with Crippen LogP contribution in [0.4, 0.5) is 10.1 Å². The van der Waals surface area contributed by atoms with Crippen molar-refractivity contribution in [2.75, 3.05) is 11.4 Å². The van der Waals surface area contributed by atoms with E-state index in [1.165, 1.54) is 28.8 Å². The average molecular weight is 393 g/mol. The van der Waals surface area contributed by atoms with Gasteiger partial charge in [0.1, 0.15) is 17.4 Å². The number of nitrogens with one attached hydrogen (secondary N) is 1. The van der Waals surface area contributed by atoms with Gasteiger partial charge in [0.05, 0.1) is 11.3 Å². The molecule has 1 N–H and O–H groups in total. The van der Waals surface area contributed by atoms with Crippen LogP contribution in [0.3, 0.4) is 0 Å². The first-order chi connectivity index (χ1) is 13.6. The Morgan fingerprint density at radius 2 is 1.86 bits per heavy atom. The molecule has 0 saturated heterocycles. The maximum absolute atomic E-state index is 13.1. The lowest BCUT2D eigenvalue weighted by molar-refractivity contribution is -0.119. The molecule has 2 amide bonds. The highest BCUT2D eigenvalue weighted by Gasteiger charge is 2.29. The summed E-state index contributed by atoms with van der Waals surface area (Å²) in [4.78, 5) is 32.3. The third-order valence-electron chi connectivity index (χ3n) is 4.31. The summed E-state index contributed by atoms with van der Waals surface area (Å²) in [5.41, 5.74) is 1.92. The monoisotopic (exact) mass is 393 g/mol. The number of carbonyl (C=O) groups is 2. The summed E-state index contributed by atoms with van der Waals surface area (Å²) in [7, 11) is 0. The summed E-state index contributed by atoms with van der Waals surface area (Å²) < 4.78 is 13.0. The molecule has 2 heterocycles. The lowest BCUT2D eigenvalue weighted by atomic mass is 10.2. The van der Waals surface area contributed by atoms with Crippen LogP contribution in [0.25, 0.3) is 0 Å². The second-order valence-electron chi connectivity index (χ2n) is 6.22. The Bertz CT molecular complexity index is 1040. The van der Waals surface area contributed by atoms with E-state index in [2.05, 4.69) is 10.3 Å². The van der Waals surface area contributed by atoms with Crippen molar-refractivity contribution in [3.63, 3.8) is 0 Å². The molecule has 0 spiro atoms. The first kappa shape index (κ1) is 18.2. The minimum atomic E-state index is -0.327. The molecule has 0 bridgehead atoms. The first-order valence-corrected chi connectivity index (χ1v) is 9.48. The molecule has 28 heavy (non-hydrogen) atoms. The highest BCUT2D eigenvalue weighted by atomic mass is 32.2. The van der Waals surface area contributed by atoms with E-state index >= 15 is 0 Å². The number of anilines is 1. The number of hydrogen-bond donors (Lipinski definition) is 1. The molecule has 0 atom stereocenters. The van der Waals surface area contributed by atoms with Gasteiger partial charge in [-0.25, -0.2) is 9.37 Å². The van der Waals surface area contributed by atoms with Crippen molar-refractivity contribution in [2.45, 2.75) is 16.5 Å². The zero-order valence-electron chi connectivity index (χ0n) is 14.8. The van der Waals surface area contributed by atoms with Crippen molar-refractivity contribution in [3.05, 3.63) is 83.8 Å². The standard InChI is InChI=1S/C21H16FN3O2S/c22-15-9-7-14(8-10-15)12-24-19(26)13-25-17-5-1-2-6-18(17)28-20-16(21(25)27)4-3-11-23-20/h1-11H,12-13H2,(H,24,26). The fourth-order valence-corrected chi connectivity index (χ4v) is 3.94. The largest absolute Gasteiger partial charge is 0.350 e. The van der Waals surface area contributed by atoms with Crippen LogP contribution >= 0.6 is 11.8 Å². The molecule has 2 aromatic carbocycles. The summed E-state index contributed by atoms with van der Waals surface area (Å²) in [6.45, 7) is 0.140. The number of hydrogen-bond acceptors (Lipinski definition) is 4. The van der Waals surface area contributed by atoms with Gasteiger partial charge >= 0.3 is 0 Å². The summed E-state index contributed by atoms with van der Waals surface area (Å²) in [6.07, 6.45) is 1.65. The van der Waals surface area contributed by atoms with Crippen LogP contribution < -0.4 is 10.2 Å². The normalized spacial score (nSPS) is 12.8. The Labute approximate surface area is 165 Å². The first-order valence-electron chi connectivity index (χ1n) is 8.67. The maximum Gasteiger partial charge on any atom is 0.261 e. The third-order valence-corrected chi connectivity index (χ3v) is 5.40. The van der Waals surface area contributed by atoms with Gasteiger partial charge in [-0.1, -0.05) is 36.0 Å². The molecular formula is C21H16FN3O2S. The third kappa shape index (κ3) is 3.75. The predicted molar refractivity (Wildman–Crippen MR) is 105 cm³/mol. The Morgan fingerprint density at radius 3 is 2.68 bits per heavy atom. The highest BCUT2D eigenvalue weighted by Crippen LogP contribution is 2.39. The number of nitrogens with zero attached hydrogens (tertiary/aromatic N) is 2.